The summed E-state index contributed by atoms with van der Waals surface area (Å²) in [5.74, 6) is -4.21. The van der Waals surface area contributed by atoms with Crippen molar-refractivity contribution >= 4 is 12.4 Å². The predicted molar refractivity (Wildman–Crippen MR) is 47.6 cm³/mol. The van der Waals surface area contributed by atoms with E-state index in [1.54, 1.807) is 0 Å². The monoisotopic (exact) mass is 227 g/mol. The first kappa shape index (κ1) is 13.2. The molecular weight excluding hydrogens is 219 g/mol. The van der Waals surface area contributed by atoms with Crippen molar-refractivity contribution in [3.8, 4) is 0 Å². The van der Waals surface area contributed by atoms with Crippen molar-refractivity contribution in [1.29, 1.82) is 0 Å². The third kappa shape index (κ3) is 2.60. The minimum Gasteiger partial charge on any atom is -0.387 e. The van der Waals surface area contributed by atoms with Gasteiger partial charge in [0.1, 0.15) is 0 Å². The first-order valence-corrected chi connectivity index (χ1v) is 3.59. The van der Waals surface area contributed by atoms with Crippen LogP contribution in [0.25, 0.3) is 0 Å². The van der Waals surface area contributed by atoms with E-state index >= 15 is 0 Å². The summed E-state index contributed by atoms with van der Waals surface area (Å²) in [5, 5.41) is 9.09. The van der Waals surface area contributed by atoms with Gasteiger partial charge in [0, 0.05) is 6.54 Å². The van der Waals surface area contributed by atoms with Crippen LogP contribution in [-0.4, -0.2) is 11.7 Å². The van der Waals surface area contributed by atoms with Crippen molar-refractivity contribution in [2.75, 3.05) is 6.54 Å². The van der Waals surface area contributed by atoms with Gasteiger partial charge in [-0.15, -0.1) is 12.4 Å². The second-order valence-electron chi connectivity index (χ2n) is 2.55. The second kappa shape index (κ2) is 5.19. The average Bonchev–Trinajstić information content (AvgIpc) is 2.12. The van der Waals surface area contributed by atoms with Gasteiger partial charge < -0.3 is 10.8 Å². The minimum atomic E-state index is -1.55. The summed E-state index contributed by atoms with van der Waals surface area (Å²) in [4.78, 5) is 0. The summed E-state index contributed by atoms with van der Waals surface area (Å²) < 4.78 is 37.6. The standard InChI is InChI=1S/C8H8F3NO.ClH/c9-5-1-4(7(13)3-12)2-6(10)8(5)11;/h1-2,7,13H,3,12H2;1H. The summed E-state index contributed by atoms with van der Waals surface area (Å²) in [5.41, 5.74) is 4.98. The molecule has 0 aliphatic rings. The molecule has 0 aliphatic carbocycles. The quantitative estimate of drug-likeness (QED) is 0.753. The molecule has 1 rings (SSSR count). The lowest BCUT2D eigenvalue weighted by atomic mass is 10.1. The number of nitrogens with two attached hydrogens (primary N) is 1. The molecule has 1 aromatic carbocycles. The van der Waals surface area contributed by atoms with E-state index in [-0.39, 0.29) is 24.5 Å². The average molecular weight is 228 g/mol. The molecule has 0 heterocycles. The minimum absolute atomic E-state index is 0. The van der Waals surface area contributed by atoms with E-state index in [0.29, 0.717) is 0 Å². The zero-order valence-corrected chi connectivity index (χ0v) is 7.82. The topological polar surface area (TPSA) is 46.2 Å². The normalized spacial score (nSPS) is 12.1. The zero-order valence-electron chi connectivity index (χ0n) is 7.01. The summed E-state index contributed by atoms with van der Waals surface area (Å²) in [6.07, 6.45) is -1.18. The van der Waals surface area contributed by atoms with Crippen molar-refractivity contribution in [2.24, 2.45) is 5.73 Å². The number of rotatable bonds is 2. The first-order valence-electron chi connectivity index (χ1n) is 3.59. The maximum Gasteiger partial charge on any atom is 0.194 e. The molecule has 3 N–H and O–H groups in total. The van der Waals surface area contributed by atoms with Gasteiger partial charge in [-0.3, -0.25) is 0 Å². The molecule has 0 amide bonds. The fraction of sp³-hybridized carbons (Fsp3) is 0.250. The van der Waals surface area contributed by atoms with Gasteiger partial charge in [0.05, 0.1) is 6.10 Å². The molecule has 0 spiro atoms. The highest BCUT2D eigenvalue weighted by molar-refractivity contribution is 5.85. The molecule has 0 radical (unpaired) electrons. The molecule has 2 nitrogen and oxygen atoms in total. The largest absolute Gasteiger partial charge is 0.387 e. The predicted octanol–water partition coefficient (Wildman–Crippen LogP) is 1.52. The highest BCUT2D eigenvalue weighted by Gasteiger charge is 2.14. The lowest BCUT2D eigenvalue weighted by Crippen LogP contribution is -2.12. The number of hydrogen-bond donors (Lipinski definition) is 2. The SMILES string of the molecule is Cl.NCC(O)c1cc(F)c(F)c(F)c1. The number of aliphatic hydroxyl groups excluding tert-OH is 1. The Hall–Kier alpha value is -0.780. The summed E-state index contributed by atoms with van der Waals surface area (Å²) >= 11 is 0. The van der Waals surface area contributed by atoms with Crippen LogP contribution in [0, 0.1) is 17.5 Å². The molecule has 1 unspecified atom stereocenters. The smallest absolute Gasteiger partial charge is 0.194 e. The Morgan fingerprint density at radius 1 is 1.21 bits per heavy atom. The van der Waals surface area contributed by atoms with E-state index in [2.05, 4.69) is 0 Å². The number of benzene rings is 1. The number of halogens is 4. The van der Waals surface area contributed by atoms with Gasteiger partial charge in [0.15, 0.2) is 17.5 Å². The van der Waals surface area contributed by atoms with Crippen molar-refractivity contribution in [3.63, 3.8) is 0 Å². The summed E-state index contributed by atoms with van der Waals surface area (Å²) in [6, 6.07) is 1.44. The van der Waals surface area contributed by atoms with Crippen LogP contribution in [0.3, 0.4) is 0 Å². The van der Waals surface area contributed by atoms with E-state index in [9.17, 15) is 13.2 Å². The molecule has 0 aliphatic heterocycles. The third-order valence-electron chi connectivity index (χ3n) is 1.61. The lowest BCUT2D eigenvalue weighted by molar-refractivity contribution is 0.185. The highest BCUT2D eigenvalue weighted by atomic mass is 35.5. The van der Waals surface area contributed by atoms with E-state index in [4.69, 9.17) is 10.8 Å². The van der Waals surface area contributed by atoms with Crippen LogP contribution in [0.2, 0.25) is 0 Å². The maximum absolute atomic E-state index is 12.6. The first-order chi connectivity index (χ1) is 6.06. The molecule has 1 atom stereocenters. The molecule has 0 bridgehead atoms. The van der Waals surface area contributed by atoms with Crippen LogP contribution < -0.4 is 5.73 Å². The fourth-order valence-electron chi connectivity index (χ4n) is 0.904. The van der Waals surface area contributed by atoms with Crippen LogP contribution in [0.1, 0.15) is 11.7 Å². The van der Waals surface area contributed by atoms with Crippen LogP contribution in [0.15, 0.2) is 12.1 Å². The van der Waals surface area contributed by atoms with Gasteiger partial charge in [-0.2, -0.15) is 0 Å². The molecule has 1 aromatic rings. The van der Waals surface area contributed by atoms with Gasteiger partial charge in [0.2, 0.25) is 0 Å². The summed E-state index contributed by atoms with van der Waals surface area (Å²) in [7, 11) is 0. The Morgan fingerprint density at radius 3 is 2.00 bits per heavy atom. The van der Waals surface area contributed by atoms with E-state index in [1.165, 1.54) is 0 Å². The molecule has 0 saturated carbocycles. The molecule has 0 aromatic heterocycles. The van der Waals surface area contributed by atoms with E-state index in [1.807, 2.05) is 0 Å². The lowest BCUT2D eigenvalue weighted by Gasteiger charge is -2.08. The number of aliphatic hydroxyl groups is 1. The fourth-order valence-corrected chi connectivity index (χ4v) is 0.904. The third-order valence-corrected chi connectivity index (χ3v) is 1.61. The Balaban J connectivity index is 0.00000169. The maximum atomic E-state index is 12.6. The molecule has 80 valence electrons. The Morgan fingerprint density at radius 2 is 1.64 bits per heavy atom. The van der Waals surface area contributed by atoms with Crippen LogP contribution >= 0.6 is 12.4 Å². The van der Waals surface area contributed by atoms with Gasteiger partial charge >= 0.3 is 0 Å². The summed E-state index contributed by atoms with van der Waals surface area (Å²) in [6.45, 7) is -0.176. The van der Waals surface area contributed by atoms with E-state index in [0.717, 1.165) is 12.1 Å². The van der Waals surface area contributed by atoms with Crippen molar-refractivity contribution in [2.45, 2.75) is 6.10 Å². The van der Waals surface area contributed by atoms with Crippen molar-refractivity contribution in [1.82, 2.24) is 0 Å². The van der Waals surface area contributed by atoms with Crippen LogP contribution in [-0.2, 0) is 0 Å². The number of hydrogen-bond acceptors (Lipinski definition) is 2. The van der Waals surface area contributed by atoms with Crippen molar-refractivity contribution in [3.05, 3.63) is 35.1 Å². The second-order valence-corrected chi connectivity index (χ2v) is 2.55. The van der Waals surface area contributed by atoms with Gasteiger partial charge in [-0.05, 0) is 17.7 Å². The van der Waals surface area contributed by atoms with Crippen LogP contribution in [0.4, 0.5) is 13.2 Å². The van der Waals surface area contributed by atoms with Gasteiger partial charge in [-0.25, -0.2) is 13.2 Å². The molecule has 14 heavy (non-hydrogen) atoms. The molecule has 6 heteroatoms. The van der Waals surface area contributed by atoms with Crippen molar-refractivity contribution < 1.29 is 18.3 Å². The Labute approximate surface area is 84.9 Å². The Bertz CT molecular complexity index is 298. The highest BCUT2D eigenvalue weighted by Crippen LogP contribution is 2.18. The molecule has 0 saturated heterocycles. The molecular formula is C8H9ClF3NO. The van der Waals surface area contributed by atoms with Gasteiger partial charge in [-0.1, -0.05) is 0 Å². The zero-order chi connectivity index (χ0) is 10.0. The van der Waals surface area contributed by atoms with Gasteiger partial charge in [0.25, 0.3) is 0 Å². The van der Waals surface area contributed by atoms with Crippen LogP contribution in [0.5, 0.6) is 0 Å². The molecule has 0 fully saturated rings. The van der Waals surface area contributed by atoms with E-state index < -0.39 is 23.6 Å². The Kier molecular flexibility index (Phi) is 4.90.